The highest BCUT2D eigenvalue weighted by Crippen LogP contribution is 2.37. The molecule has 0 saturated heterocycles. The van der Waals surface area contributed by atoms with Crippen molar-refractivity contribution in [3.05, 3.63) is 23.8 Å². The molecule has 1 rings (SSSR count). The molecule has 1 unspecified atom stereocenters. The second-order valence-corrected chi connectivity index (χ2v) is 3.74. The fraction of sp³-hybridized carbons (Fsp3) is 0.333. The number of methoxy groups -OCH3 is 3. The molecule has 0 aliphatic carbocycles. The normalized spacial score (nSPS) is 11.6. The van der Waals surface area contributed by atoms with E-state index in [2.05, 4.69) is 4.74 Å². The van der Waals surface area contributed by atoms with Gasteiger partial charge in [0, 0.05) is 5.56 Å². The van der Waals surface area contributed by atoms with Crippen LogP contribution in [0.3, 0.4) is 0 Å². The van der Waals surface area contributed by atoms with Gasteiger partial charge in [-0.25, -0.2) is 4.79 Å². The summed E-state index contributed by atoms with van der Waals surface area (Å²) >= 11 is 5.96. The Bertz CT molecular complexity index is 458. The number of carbonyl (C=O) groups excluding carboxylic acids is 2. The Balaban J connectivity index is 3.16. The molecule has 0 aliphatic rings. The Morgan fingerprint density at radius 2 is 1.83 bits per heavy atom. The van der Waals surface area contributed by atoms with Gasteiger partial charge in [-0.05, 0) is 6.07 Å². The maximum absolute atomic E-state index is 11.6. The number of esters is 1. The van der Waals surface area contributed by atoms with Crippen LogP contribution >= 0.6 is 11.6 Å². The summed E-state index contributed by atoms with van der Waals surface area (Å²) in [7, 11) is 4.01. The van der Waals surface area contributed by atoms with Crippen LogP contribution in [0.1, 0.15) is 10.9 Å². The van der Waals surface area contributed by atoms with Crippen LogP contribution < -0.4 is 9.47 Å². The molecule has 18 heavy (non-hydrogen) atoms. The van der Waals surface area contributed by atoms with Gasteiger partial charge in [0.1, 0.15) is 5.38 Å². The standard InChI is InChI=1S/C12H13ClO5/c1-16-8-6-4-5-7(11(8)17-2)9(13)10(14)12(15)18-3/h4-6,9H,1-3H3. The largest absolute Gasteiger partial charge is 0.493 e. The molecular weight excluding hydrogens is 260 g/mol. The van der Waals surface area contributed by atoms with Crippen molar-refractivity contribution in [1.82, 2.24) is 0 Å². The summed E-state index contributed by atoms with van der Waals surface area (Å²) in [5.41, 5.74) is 0.355. The van der Waals surface area contributed by atoms with Gasteiger partial charge in [0.25, 0.3) is 5.78 Å². The first kappa shape index (κ1) is 14.3. The smallest absolute Gasteiger partial charge is 0.376 e. The zero-order valence-corrected chi connectivity index (χ0v) is 11.0. The Labute approximate surface area is 110 Å². The van der Waals surface area contributed by atoms with Gasteiger partial charge in [-0.15, -0.1) is 11.6 Å². The second kappa shape index (κ2) is 6.26. The summed E-state index contributed by atoms with van der Waals surface area (Å²) in [4.78, 5) is 22.8. The lowest BCUT2D eigenvalue weighted by Crippen LogP contribution is -2.20. The summed E-state index contributed by atoms with van der Waals surface area (Å²) < 4.78 is 14.6. The summed E-state index contributed by atoms with van der Waals surface area (Å²) in [5, 5.41) is -1.18. The first-order valence-corrected chi connectivity index (χ1v) is 5.47. The first-order valence-electron chi connectivity index (χ1n) is 5.03. The third-order valence-corrected chi connectivity index (χ3v) is 2.76. The number of rotatable bonds is 5. The van der Waals surface area contributed by atoms with E-state index >= 15 is 0 Å². The van der Waals surface area contributed by atoms with Crippen LogP contribution in [0.4, 0.5) is 0 Å². The third kappa shape index (κ3) is 2.73. The molecular formula is C12H13ClO5. The highest BCUT2D eigenvalue weighted by molar-refractivity contribution is 6.47. The Morgan fingerprint density at radius 3 is 2.33 bits per heavy atom. The molecule has 0 aromatic heterocycles. The number of para-hydroxylation sites is 1. The number of ketones is 1. The van der Waals surface area contributed by atoms with Gasteiger partial charge < -0.3 is 14.2 Å². The van der Waals surface area contributed by atoms with Gasteiger partial charge in [-0.3, -0.25) is 4.79 Å². The summed E-state index contributed by atoms with van der Waals surface area (Å²) in [6.45, 7) is 0. The maximum atomic E-state index is 11.6. The number of alkyl halides is 1. The van der Waals surface area contributed by atoms with E-state index in [9.17, 15) is 9.59 Å². The third-order valence-electron chi connectivity index (χ3n) is 2.32. The molecule has 98 valence electrons. The van der Waals surface area contributed by atoms with Gasteiger partial charge in [0.2, 0.25) is 0 Å². The molecule has 1 atom stereocenters. The summed E-state index contributed by atoms with van der Waals surface area (Å²) in [6.07, 6.45) is 0. The van der Waals surface area contributed by atoms with Crippen molar-refractivity contribution >= 4 is 23.4 Å². The molecule has 0 amide bonds. The predicted octanol–water partition coefficient (Wildman–Crippen LogP) is 1.73. The van der Waals surface area contributed by atoms with Gasteiger partial charge in [-0.1, -0.05) is 12.1 Å². The van der Waals surface area contributed by atoms with Crippen LogP contribution in [0.5, 0.6) is 11.5 Å². The van der Waals surface area contributed by atoms with Crippen molar-refractivity contribution in [2.75, 3.05) is 21.3 Å². The van der Waals surface area contributed by atoms with Crippen molar-refractivity contribution in [3.63, 3.8) is 0 Å². The van der Waals surface area contributed by atoms with E-state index in [0.29, 0.717) is 17.1 Å². The molecule has 1 aromatic rings. The molecule has 0 spiro atoms. The number of halogens is 1. The van der Waals surface area contributed by atoms with E-state index in [1.54, 1.807) is 18.2 Å². The number of ether oxygens (including phenoxy) is 3. The molecule has 0 heterocycles. The van der Waals surface area contributed by atoms with Crippen LogP contribution in [0.2, 0.25) is 0 Å². The second-order valence-electron chi connectivity index (χ2n) is 3.30. The fourth-order valence-corrected chi connectivity index (χ4v) is 1.72. The molecule has 0 aliphatic heterocycles. The molecule has 0 fully saturated rings. The zero-order chi connectivity index (χ0) is 13.7. The Morgan fingerprint density at radius 1 is 1.17 bits per heavy atom. The lowest BCUT2D eigenvalue weighted by molar-refractivity contribution is -0.151. The molecule has 5 nitrogen and oxygen atoms in total. The lowest BCUT2D eigenvalue weighted by atomic mass is 10.1. The molecule has 0 bridgehead atoms. The van der Waals surface area contributed by atoms with Crippen LogP contribution in [0.15, 0.2) is 18.2 Å². The average molecular weight is 273 g/mol. The monoisotopic (exact) mass is 272 g/mol. The number of benzene rings is 1. The molecule has 0 N–H and O–H groups in total. The number of hydrogen-bond donors (Lipinski definition) is 0. The topological polar surface area (TPSA) is 61.8 Å². The van der Waals surface area contributed by atoms with Crippen molar-refractivity contribution in [2.24, 2.45) is 0 Å². The predicted molar refractivity (Wildman–Crippen MR) is 65.2 cm³/mol. The van der Waals surface area contributed by atoms with E-state index in [0.717, 1.165) is 7.11 Å². The van der Waals surface area contributed by atoms with E-state index in [-0.39, 0.29) is 0 Å². The minimum atomic E-state index is -1.18. The average Bonchev–Trinajstić information content (AvgIpc) is 2.43. The molecule has 6 heteroatoms. The maximum Gasteiger partial charge on any atom is 0.376 e. The number of Topliss-reactive ketones (excluding diaryl/α,β-unsaturated/α-hetero) is 1. The van der Waals surface area contributed by atoms with E-state index < -0.39 is 17.1 Å². The zero-order valence-electron chi connectivity index (χ0n) is 10.2. The van der Waals surface area contributed by atoms with E-state index in [4.69, 9.17) is 21.1 Å². The summed E-state index contributed by atoms with van der Waals surface area (Å²) in [6, 6.07) is 4.89. The molecule has 0 saturated carbocycles. The SMILES string of the molecule is COC(=O)C(=O)C(Cl)c1cccc(OC)c1OC. The van der Waals surface area contributed by atoms with Crippen molar-refractivity contribution < 1.29 is 23.8 Å². The number of hydrogen-bond acceptors (Lipinski definition) is 5. The Kier molecular flexibility index (Phi) is 4.97. The fourth-order valence-electron chi connectivity index (χ4n) is 1.46. The van der Waals surface area contributed by atoms with Crippen LogP contribution in [-0.4, -0.2) is 33.1 Å². The van der Waals surface area contributed by atoms with Crippen molar-refractivity contribution in [3.8, 4) is 11.5 Å². The molecule has 0 radical (unpaired) electrons. The Hall–Kier alpha value is -1.75. The highest BCUT2D eigenvalue weighted by Gasteiger charge is 2.29. The van der Waals surface area contributed by atoms with Gasteiger partial charge in [0.05, 0.1) is 21.3 Å². The minimum Gasteiger partial charge on any atom is -0.493 e. The van der Waals surface area contributed by atoms with Gasteiger partial charge in [-0.2, -0.15) is 0 Å². The van der Waals surface area contributed by atoms with Gasteiger partial charge in [0.15, 0.2) is 11.5 Å². The van der Waals surface area contributed by atoms with Crippen LogP contribution in [-0.2, 0) is 14.3 Å². The summed E-state index contributed by atoms with van der Waals surface area (Å²) in [5.74, 6) is -1.11. The van der Waals surface area contributed by atoms with Crippen molar-refractivity contribution in [2.45, 2.75) is 5.38 Å². The van der Waals surface area contributed by atoms with Crippen molar-refractivity contribution in [1.29, 1.82) is 0 Å². The quantitative estimate of drug-likeness (QED) is 0.464. The van der Waals surface area contributed by atoms with Gasteiger partial charge >= 0.3 is 5.97 Å². The van der Waals surface area contributed by atoms with E-state index in [1.807, 2.05) is 0 Å². The minimum absolute atomic E-state index is 0.317. The first-order chi connectivity index (χ1) is 8.56. The number of carbonyl (C=O) groups is 2. The lowest BCUT2D eigenvalue weighted by Gasteiger charge is -2.14. The van der Waals surface area contributed by atoms with Crippen LogP contribution in [0, 0.1) is 0 Å². The van der Waals surface area contributed by atoms with Crippen LogP contribution in [0.25, 0.3) is 0 Å². The van der Waals surface area contributed by atoms with E-state index in [1.165, 1.54) is 14.2 Å². The highest BCUT2D eigenvalue weighted by atomic mass is 35.5. The molecule has 1 aromatic carbocycles.